The summed E-state index contributed by atoms with van der Waals surface area (Å²) in [5.74, 6) is -0.129. The summed E-state index contributed by atoms with van der Waals surface area (Å²) in [6, 6.07) is 11.1. The van der Waals surface area contributed by atoms with Gasteiger partial charge < -0.3 is 10.6 Å². The highest BCUT2D eigenvalue weighted by molar-refractivity contribution is 5.93. The van der Waals surface area contributed by atoms with Crippen molar-refractivity contribution in [3.05, 3.63) is 47.3 Å². The number of rotatable bonds is 8. The highest BCUT2D eigenvalue weighted by atomic mass is 16.2. The fourth-order valence-electron chi connectivity index (χ4n) is 3.67. The third kappa shape index (κ3) is 5.17. The fraction of sp³-hybridized carbons (Fsp3) is 0.571. The van der Waals surface area contributed by atoms with Gasteiger partial charge in [-0.25, -0.2) is 4.68 Å². The molecule has 1 amide bonds. The van der Waals surface area contributed by atoms with E-state index in [4.69, 9.17) is 0 Å². The number of piperidine rings is 1. The van der Waals surface area contributed by atoms with Crippen molar-refractivity contribution in [2.45, 2.75) is 51.7 Å². The number of nitrogens with one attached hydrogen (secondary N) is 2. The Labute approximate surface area is 167 Å². The maximum Gasteiger partial charge on any atom is 0.273 e. The molecule has 2 N–H and O–H groups in total. The van der Waals surface area contributed by atoms with Crippen molar-refractivity contribution in [3.63, 3.8) is 0 Å². The van der Waals surface area contributed by atoms with Crippen molar-refractivity contribution in [2.75, 3.05) is 26.7 Å². The second-order valence-electron chi connectivity index (χ2n) is 7.74. The van der Waals surface area contributed by atoms with Crippen LogP contribution in [0.25, 0.3) is 0 Å². The standard InChI is InChI=1S/C21H32N6O/c1-16(26(3)15-18-7-5-4-6-8-18)9-14-23-21(28)20-17(2)27(25-24-20)19-10-12-22-13-11-19/h4-8,16,19,22H,9-15H2,1-3H3,(H,23,28). The van der Waals surface area contributed by atoms with Crippen molar-refractivity contribution < 1.29 is 4.79 Å². The molecule has 7 heteroatoms. The summed E-state index contributed by atoms with van der Waals surface area (Å²) in [6.45, 7) is 7.62. The fourth-order valence-corrected chi connectivity index (χ4v) is 3.67. The second kappa shape index (κ2) is 9.80. The molecule has 0 radical (unpaired) electrons. The quantitative estimate of drug-likeness (QED) is 0.729. The number of aromatic nitrogens is 3. The second-order valence-corrected chi connectivity index (χ2v) is 7.74. The molecule has 3 rings (SSSR count). The molecule has 2 heterocycles. The van der Waals surface area contributed by atoms with Gasteiger partial charge in [-0.2, -0.15) is 0 Å². The Balaban J connectivity index is 1.47. The van der Waals surface area contributed by atoms with Crippen LogP contribution in [0.1, 0.15) is 54.0 Å². The minimum atomic E-state index is -0.129. The van der Waals surface area contributed by atoms with Gasteiger partial charge in [-0.15, -0.1) is 5.10 Å². The third-order valence-corrected chi connectivity index (χ3v) is 5.67. The summed E-state index contributed by atoms with van der Waals surface area (Å²) in [5.41, 5.74) is 2.61. The molecular formula is C21H32N6O. The SMILES string of the molecule is Cc1c(C(=O)NCCC(C)N(C)Cc2ccccc2)nnn1C1CCNCC1. The Morgan fingerprint density at radius 2 is 2.04 bits per heavy atom. The molecule has 1 aromatic heterocycles. The molecule has 1 aliphatic rings. The Morgan fingerprint density at radius 1 is 1.32 bits per heavy atom. The highest BCUT2D eigenvalue weighted by Gasteiger charge is 2.22. The number of carbonyl (C=O) groups excluding carboxylic acids is 1. The zero-order valence-electron chi connectivity index (χ0n) is 17.2. The molecule has 2 aromatic rings. The lowest BCUT2D eigenvalue weighted by atomic mass is 10.1. The van der Waals surface area contributed by atoms with Crippen LogP contribution in [0.5, 0.6) is 0 Å². The first-order valence-electron chi connectivity index (χ1n) is 10.2. The molecule has 1 unspecified atom stereocenters. The van der Waals surface area contributed by atoms with E-state index in [2.05, 4.69) is 64.1 Å². The van der Waals surface area contributed by atoms with Crippen LogP contribution >= 0.6 is 0 Å². The van der Waals surface area contributed by atoms with Crippen molar-refractivity contribution in [1.82, 2.24) is 30.5 Å². The van der Waals surface area contributed by atoms with Gasteiger partial charge >= 0.3 is 0 Å². The molecule has 152 valence electrons. The van der Waals surface area contributed by atoms with Crippen molar-refractivity contribution in [2.24, 2.45) is 0 Å². The van der Waals surface area contributed by atoms with E-state index < -0.39 is 0 Å². The van der Waals surface area contributed by atoms with Gasteiger partial charge in [0.1, 0.15) is 0 Å². The molecule has 1 atom stereocenters. The molecule has 1 aliphatic heterocycles. The van der Waals surface area contributed by atoms with E-state index in [-0.39, 0.29) is 5.91 Å². The van der Waals surface area contributed by atoms with Gasteiger partial charge in [0.15, 0.2) is 5.69 Å². The highest BCUT2D eigenvalue weighted by Crippen LogP contribution is 2.20. The van der Waals surface area contributed by atoms with Crippen LogP contribution in [0.15, 0.2) is 30.3 Å². The summed E-state index contributed by atoms with van der Waals surface area (Å²) < 4.78 is 1.92. The zero-order valence-corrected chi connectivity index (χ0v) is 17.2. The summed E-state index contributed by atoms with van der Waals surface area (Å²) in [7, 11) is 2.12. The smallest absolute Gasteiger partial charge is 0.273 e. The van der Waals surface area contributed by atoms with Crippen LogP contribution < -0.4 is 10.6 Å². The number of carbonyl (C=O) groups is 1. The Morgan fingerprint density at radius 3 is 2.75 bits per heavy atom. The number of hydrogen-bond donors (Lipinski definition) is 2. The van der Waals surface area contributed by atoms with Crippen molar-refractivity contribution in [1.29, 1.82) is 0 Å². The molecule has 1 aromatic carbocycles. The summed E-state index contributed by atoms with van der Waals surface area (Å²) in [6.07, 6.45) is 2.93. The van der Waals surface area contributed by atoms with E-state index >= 15 is 0 Å². The van der Waals surface area contributed by atoms with E-state index in [1.165, 1.54) is 5.56 Å². The van der Waals surface area contributed by atoms with Crippen LogP contribution in [0.4, 0.5) is 0 Å². The molecule has 0 spiro atoms. The molecule has 0 saturated carbocycles. The van der Waals surface area contributed by atoms with Gasteiger partial charge in [-0.3, -0.25) is 9.69 Å². The average molecular weight is 385 g/mol. The predicted octanol–water partition coefficient (Wildman–Crippen LogP) is 2.15. The Kier molecular flexibility index (Phi) is 7.17. The molecular weight excluding hydrogens is 352 g/mol. The Bertz CT molecular complexity index is 754. The van der Waals surface area contributed by atoms with Gasteiger partial charge in [-0.05, 0) is 58.8 Å². The van der Waals surface area contributed by atoms with Crippen molar-refractivity contribution in [3.8, 4) is 0 Å². The monoisotopic (exact) mass is 384 g/mol. The largest absolute Gasteiger partial charge is 0.351 e. The number of nitrogens with zero attached hydrogens (tertiary/aromatic N) is 4. The maximum atomic E-state index is 12.6. The topological polar surface area (TPSA) is 75.1 Å². The molecule has 7 nitrogen and oxygen atoms in total. The maximum absolute atomic E-state index is 12.6. The van der Waals surface area contributed by atoms with Crippen LogP contribution in [0, 0.1) is 6.92 Å². The number of benzene rings is 1. The van der Waals surface area contributed by atoms with Crippen LogP contribution in [-0.4, -0.2) is 58.5 Å². The lowest BCUT2D eigenvalue weighted by Gasteiger charge is -2.25. The summed E-state index contributed by atoms with van der Waals surface area (Å²) in [4.78, 5) is 14.9. The minimum absolute atomic E-state index is 0.129. The average Bonchev–Trinajstić information content (AvgIpc) is 3.10. The summed E-state index contributed by atoms with van der Waals surface area (Å²) in [5, 5.41) is 14.8. The van der Waals surface area contributed by atoms with E-state index in [1.54, 1.807) is 0 Å². The third-order valence-electron chi connectivity index (χ3n) is 5.67. The molecule has 1 fully saturated rings. The lowest BCUT2D eigenvalue weighted by Crippen LogP contribution is -2.34. The van der Waals surface area contributed by atoms with Crippen LogP contribution in [0.3, 0.4) is 0 Å². The summed E-state index contributed by atoms with van der Waals surface area (Å²) >= 11 is 0. The van der Waals surface area contributed by atoms with Gasteiger partial charge in [0.2, 0.25) is 0 Å². The van der Waals surface area contributed by atoms with Gasteiger partial charge in [0.25, 0.3) is 5.91 Å². The van der Waals surface area contributed by atoms with E-state index in [1.807, 2.05) is 17.7 Å². The first-order valence-corrected chi connectivity index (χ1v) is 10.2. The lowest BCUT2D eigenvalue weighted by molar-refractivity contribution is 0.0943. The first kappa shape index (κ1) is 20.5. The van der Waals surface area contributed by atoms with Crippen LogP contribution in [0.2, 0.25) is 0 Å². The van der Waals surface area contributed by atoms with Gasteiger partial charge in [0.05, 0.1) is 11.7 Å². The van der Waals surface area contributed by atoms with E-state index in [9.17, 15) is 4.79 Å². The zero-order chi connectivity index (χ0) is 19.9. The van der Waals surface area contributed by atoms with Crippen molar-refractivity contribution >= 4 is 5.91 Å². The predicted molar refractivity (Wildman–Crippen MR) is 110 cm³/mol. The van der Waals surface area contributed by atoms with E-state index in [0.717, 1.165) is 44.6 Å². The Hall–Kier alpha value is -2.25. The molecule has 0 bridgehead atoms. The number of amides is 1. The molecule has 1 saturated heterocycles. The molecule has 0 aliphatic carbocycles. The molecule has 28 heavy (non-hydrogen) atoms. The normalized spacial score (nSPS) is 16.3. The number of hydrogen-bond acceptors (Lipinski definition) is 5. The van der Waals surface area contributed by atoms with Crippen LogP contribution in [-0.2, 0) is 6.54 Å². The van der Waals surface area contributed by atoms with Gasteiger partial charge in [0, 0.05) is 19.1 Å². The van der Waals surface area contributed by atoms with Gasteiger partial charge in [-0.1, -0.05) is 35.5 Å². The van der Waals surface area contributed by atoms with E-state index in [0.29, 0.717) is 24.3 Å². The minimum Gasteiger partial charge on any atom is -0.351 e. The first-order chi connectivity index (χ1) is 13.6.